The Morgan fingerprint density at radius 2 is 1.79 bits per heavy atom. The average Bonchev–Trinajstić information content (AvgIpc) is 3.19. The largest absolute Gasteiger partial charge is 0.338 e. The fourth-order valence-corrected chi connectivity index (χ4v) is 4.38. The summed E-state index contributed by atoms with van der Waals surface area (Å²) in [7, 11) is 0. The van der Waals surface area contributed by atoms with Crippen LogP contribution in [0.15, 0.2) is 41.3 Å². The van der Waals surface area contributed by atoms with Crippen molar-refractivity contribution < 1.29 is 9.18 Å². The summed E-state index contributed by atoms with van der Waals surface area (Å²) in [5.41, 5.74) is 1.88. The summed E-state index contributed by atoms with van der Waals surface area (Å²) in [4.78, 5) is 28.1. The fraction of sp³-hybridized carbons (Fsp3) is 0.455. The van der Waals surface area contributed by atoms with Crippen molar-refractivity contribution in [3.8, 4) is 0 Å². The van der Waals surface area contributed by atoms with E-state index in [1.165, 1.54) is 12.1 Å². The van der Waals surface area contributed by atoms with E-state index in [1.807, 2.05) is 19.2 Å². The van der Waals surface area contributed by atoms with E-state index in [4.69, 9.17) is 0 Å². The second-order valence-corrected chi connectivity index (χ2v) is 7.86. The highest BCUT2D eigenvalue weighted by Gasteiger charge is 2.31. The molecule has 2 aliphatic rings. The van der Waals surface area contributed by atoms with Gasteiger partial charge in [-0.1, -0.05) is 12.1 Å². The number of amides is 1. The number of aryl methyl sites for hydroxylation is 1. The second-order valence-electron chi connectivity index (χ2n) is 7.86. The Morgan fingerprint density at radius 3 is 2.48 bits per heavy atom. The molecule has 2 saturated heterocycles. The first kappa shape index (κ1) is 21.5. The van der Waals surface area contributed by atoms with Crippen LogP contribution in [0.25, 0.3) is 0 Å². The maximum atomic E-state index is 13.2. The third-order valence-corrected chi connectivity index (χ3v) is 6.06. The van der Waals surface area contributed by atoms with Crippen LogP contribution < -0.4 is 10.9 Å². The fourth-order valence-electron chi connectivity index (χ4n) is 4.38. The molecule has 1 atom stereocenters. The summed E-state index contributed by atoms with van der Waals surface area (Å²) < 4.78 is 14.9. The van der Waals surface area contributed by atoms with Gasteiger partial charge in [-0.15, -0.1) is 12.4 Å². The van der Waals surface area contributed by atoms with Crippen LogP contribution in [0.2, 0.25) is 0 Å². The maximum absolute atomic E-state index is 13.2. The van der Waals surface area contributed by atoms with E-state index in [2.05, 4.69) is 5.32 Å². The zero-order valence-electron chi connectivity index (χ0n) is 16.6. The molecule has 4 rings (SSSR count). The monoisotopic (exact) mass is 419 g/mol. The number of pyridine rings is 1. The van der Waals surface area contributed by atoms with Gasteiger partial charge in [0.1, 0.15) is 11.4 Å². The molecule has 0 aliphatic carbocycles. The van der Waals surface area contributed by atoms with Gasteiger partial charge in [-0.2, -0.15) is 0 Å². The number of carbonyl (C=O) groups excluding carboxylic acids is 1. The normalized spacial score (nSPS) is 19.8. The minimum Gasteiger partial charge on any atom is -0.338 e. The number of piperidine rings is 1. The third kappa shape index (κ3) is 4.38. The molecule has 5 nitrogen and oxygen atoms in total. The molecule has 2 aliphatic heterocycles. The lowest BCUT2D eigenvalue weighted by Gasteiger charge is -2.26. The number of likely N-dealkylation sites (tertiary alicyclic amines) is 1. The zero-order chi connectivity index (χ0) is 19.7. The Hall–Kier alpha value is -2.18. The summed E-state index contributed by atoms with van der Waals surface area (Å²) in [5, 5.41) is 3.31. The van der Waals surface area contributed by atoms with Gasteiger partial charge in [0, 0.05) is 31.2 Å². The van der Waals surface area contributed by atoms with Gasteiger partial charge in [0.2, 0.25) is 0 Å². The summed E-state index contributed by atoms with van der Waals surface area (Å²) >= 11 is 0. The number of aromatic nitrogens is 1. The minimum atomic E-state index is -0.256. The van der Waals surface area contributed by atoms with Crippen molar-refractivity contribution in [1.29, 1.82) is 0 Å². The van der Waals surface area contributed by atoms with Crippen molar-refractivity contribution in [3.63, 3.8) is 0 Å². The second kappa shape index (κ2) is 9.09. The topological polar surface area (TPSA) is 54.3 Å². The molecule has 1 N–H and O–H groups in total. The molecule has 156 valence electrons. The number of rotatable bonds is 3. The maximum Gasteiger partial charge on any atom is 0.263 e. The standard InChI is InChI=1S/C22H26FN3O2.ClH/c1-15-8-13-26(19-6-10-24-11-7-19)22(28)20(15)21(27)25-12-9-17(14-25)16-2-4-18(23)5-3-16;/h2-5,8,13,17,19,24H,6-7,9-12,14H2,1H3;1H. The van der Waals surface area contributed by atoms with Gasteiger partial charge in [-0.3, -0.25) is 9.59 Å². The Kier molecular flexibility index (Phi) is 6.75. The minimum absolute atomic E-state index is 0. The molecular formula is C22H27ClFN3O2. The lowest BCUT2D eigenvalue weighted by atomic mass is 9.98. The predicted molar refractivity (Wildman–Crippen MR) is 113 cm³/mol. The number of carbonyl (C=O) groups is 1. The first-order valence-electron chi connectivity index (χ1n) is 10.0. The molecule has 1 amide bonds. The SMILES string of the molecule is Cc1ccn(C2CCNCC2)c(=O)c1C(=O)N1CCC(c2ccc(F)cc2)C1.Cl. The molecule has 1 unspecified atom stereocenters. The van der Waals surface area contributed by atoms with Gasteiger partial charge in [-0.05, 0) is 68.6 Å². The molecular weight excluding hydrogens is 393 g/mol. The Bertz CT molecular complexity index is 923. The molecule has 0 saturated carbocycles. The Balaban J connectivity index is 0.00000240. The van der Waals surface area contributed by atoms with Gasteiger partial charge in [0.25, 0.3) is 11.5 Å². The van der Waals surface area contributed by atoms with Crippen molar-refractivity contribution in [2.75, 3.05) is 26.2 Å². The molecule has 7 heteroatoms. The van der Waals surface area contributed by atoms with Crippen LogP contribution >= 0.6 is 12.4 Å². The molecule has 3 heterocycles. The van der Waals surface area contributed by atoms with E-state index in [9.17, 15) is 14.0 Å². The highest BCUT2D eigenvalue weighted by molar-refractivity contribution is 5.95. The van der Waals surface area contributed by atoms with Crippen LogP contribution in [0.1, 0.15) is 52.7 Å². The van der Waals surface area contributed by atoms with Gasteiger partial charge < -0.3 is 14.8 Å². The molecule has 2 aromatic rings. The van der Waals surface area contributed by atoms with Gasteiger partial charge >= 0.3 is 0 Å². The zero-order valence-corrected chi connectivity index (χ0v) is 17.4. The summed E-state index contributed by atoms with van der Waals surface area (Å²) in [5.74, 6) is -0.260. The number of hydrogen-bond donors (Lipinski definition) is 1. The van der Waals surface area contributed by atoms with Gasteiger partial charge in [0.15, 0.2) is 0 Å². The summed E-state index contributed by atoms with van der Waals surface area (Å²) in [6.45, 7) is 4.78. The molecule has 1 aromatic heterocycles. The number of nitrogens with one attached hydrogen (secondary N) is 1. The smallest absolute Gasteiger partial charge is 0.263 e. The average molecular weight is 420 g/mol. The lowest BCUT2D eigenvalue weighted by molar-refractivity contribution is 0.0787. The van der Waals surface area contributed by atoms with Gasteiger partial charge in [0.05, 0.1) is 0 Å². The first-order chi connectivity index (χ1) is 13.5. The van der Waals surface area contributed by atoms with Crippen molar-refractivity contribution in [3.05, 3.63) is 69.4 Å². The number of halogens is 2. The van der Waals surface area contributed by atoms with E-state index in [0.29, 0.717) is 18.7 Å². The molecule has 29 heavy (non-hydrogen) atoms. The van der Waals surface area contributed by atoms with E-state index >= 15 is 0 Å². The van der Waals surface area contributed by atoms with Crippen LogP contribution in [-0.2, 0) is 0 Å². The van der Waals surface area contributed by atoms with Gasteiger partial charge in [-0.25, -0.2) is 4.39 Å². The molecule has 0 spiro atoms. The van der Waals surface area contributed by atoms with E-state index in [1.54, 1.807) is 21.6 Å². The van der Waals surface area contributed by atoms with Crippen molar-refractivity contribution in [2.45, 2.75) is 38.1 Å². The van der Waals surface area contributed by atoms with Crippen molar-refractivity contribution in [1.82, 2.24) is 14.8 Å². The highest BCUT2D eigenvalue weighted by atomic mass is 35.5. The van der Waals surface area contributed by atoms with E-state index < -0.39 is 0 Å². The van der Waals surface area contributed by atoms with Crippen LogP contribution in [0, 0.1) is 12.7 Å². The molecule has 0 radical (unpaired) electrons. The Morgan fingerprint density at radius 1 is 1.10 bits per heavy atom. The number of hydrogen-bond acceptors (Lipinski definition) is 3. The molecule has 0 bridgehead atoms. The third-order valence-electron chi connectivity index (χ3n) is 6.06. The molecule has 1 aromatic carbocycles. The highest BCUT2D eigenvalue weighted by Crippen LogP contribution is 2.28. The first-order valence-corrected chi connectivity index (χ1v) is 10.0. The number of nitrogens with zero attached hydrogens (tertiary/aromatic N) is 2. The van der Waals surface area contributed by atoms with Crippen molar-refractivity contribution >= 4 is 18.3 Å². The van der Waals surface area contributed by atoms with E-state index in [0.717, 1.165) is 43.5 Å². The molecule has 2 fully saturated rings. The van der Waals surface area contributed by atoms with Crippen molar-refractivity contribution in [2.24, 2.45) is 0 Å². The van der Waals surface area contributed by atoms with E-state index in [-0.39, 0.29) is 41.7 Å². The predicted octanol–water partition coefficient (Wildman–Crippen LogP) is 3.27. The van der Waals surface area contributed by atoms with Crippen LogP contribution in [0.3, 0.4) is 0 Å². The Labute approximate surface area is 176 Å². The summed E-state index contributed by atoms with van der Waals surface area (Å²) in [6, 6.07) is 8.51. The van der Waals surface area contributed by atoms with Crippen LogP contribution in [0.4, 0.5) is 4.39 Å². The number of benzene rings is 1. The summed E-state index contributed by atoms with van der Waals surface area (Å²) in [6.07, 6.45) is 4.45. The lowest BCUT2D eigenvalue weighted by Crippen LogP contribution is -2.39. The quantitative estimate of drug-likeness (QED) is 0.830. The van der Waals surface area contributed by atoms with Crippen LogP contribution in [-0.4, -0.2) is 41.6 Å². The van der Waals surface area contributed by atoms with Crippen LogP contribution in [0.5, 0.6) is 0 Å².